The number of phenolic OH excluding ortho intramolecular Hbond substituents is 1. The minimum atomic E-state index is -4.79. The van der Waals surface area contributed by atoms with Crippen LogP contribution in [0.2, 0.25) is 0 Å². The maximum atomic E-state index is 11.2. The van der Waals surface area contributed by atoms with Gasteiger partial charge in [-0.25, -0.2) is 22.0 Å². The van der Waals surface area contributed by atoms with Gasteiger partial charge in [0.05, 0.1) is 9.79 Å². The molecule has 0 radical (unpaired) electrons. The van der Waals surface area contributed by atoms with Crippen LogP contribution in [0.4, 0.5) is 0 Å². The van der Waals surface area contributed by atoms with E-state index in [4.69, 9.17) is 5.14 Å². The number of hydrogen-bond donors (Lipinski definition) is 2. The van der Waals surface area contributed by atoms with Crippen molar-refractivity contribution < 1.29 is 61.5 Å². The van der Waals surface area contributed by atoms with Crippen LogP contribution in [0.15, 0.2) is 40.1 Å². The van der Waals surface area contributed by atoms with Gasteiger partial charge in [-0.3, -0.25) is 0 Å². The zero-order chi connectivity index (χ0) is 14.4. The fourth-order valence-corrected chi connectivity index (χ4v) is 3.00. The molecular weight excluding hydrogens is 333 g/mol. The molecule has 0 amide bonds. The van der Waals surface area contributed by atoms with Crippen molar-refractivity contribution in [3.63, 3.8) is 0 Å². The summed E-state index contributed by atoms with van der Waals surface area (Å²) in [6, 6.07) is 5.53. The van der Waals surface area contributed by atoms with Crippen LogP contribution in [-0.2, 0) is 20.1 Å². The van der Waals surface area contributed by atoms with Gasteiger partial charge in [0.1, 0.15) is 15.9 Å². The maximum absolute atomic E-state index is 11.2. The molecule has 2 aromatic rings. The van der Waals surface area contributed by atoms with Crippen molar-refractivity contribution in [1.29, 1.82) is 0 Å². The monoisotopic (exact) mass is 343 g/mol. The SMILES string of the molecule is NS(=O)(=O)c1cc(O)c2c(S(=O)(=O)[O-])cccc2c1.O.[Na+]. The molecule has 0 aromatic heterocycles. The van der Waals surface area contributed by atoms with E-state index in [0.29, 0.717) is 0 Å². The normalized spacial score (nSPS) is 11.5. The summed E-state index contributed by atoms with van der Waals surface area (Å²) in [5.74, 6) is -0.642. The molecular formula is C10H10NNaO7S2. The molecule has 11 heteroatoms. The van der Waals surface area contributed by atoms with Crippen molar-refractivity contribution in [3.8, 4) is 5.75 Å². The van der Waals surface area contributed by atoms with Crippen molar-refractivity contribution in [3.05, 3.63) is 30.3 Å². The van der Waals surface area contributed by atoms with Gasteiger partial charge in [-0.05, 0) is 17.5 Å². The molecule has 0 unspecified atom stereocenters. The first-order valence-corrected chi connectivity index (χ1v) is 7.80. The number of nitrogens with two attached hydrogens (primary N) is 1. The van der Waals surface area contributed by atoms with Gasteiger partial charge in [-0.1, -0.05) is 12.1 Å². The average molecular weight is 343 g/mol. The van der Waals surface area contributed by atoms with Crippen molar-refractivity contribution in [2.45, 2.75) is 9.79 Å². The summed E-state index contributed by atoms with van der Waals surface area (Å²) in [7, 11) is -8.84. The number of aromatic hydroxyl groups is 1. The number of primary sulfonamides is 1. The maximum Gasteiger partial charge on any atom is 1.00 e. The summed E-state index contributed by atoms with van der Waals surface area (Å²) in [6.45, 7) is 0. The van der Waals surface area contributed by atoms with E-state index in [1.54, 1.807) is 0 Å². The molecule has 8 nitrogen and oxygen atoms in total. The molecule has 0 bridgehead atoms. The number of rotatable bonds is 2. The second-order valence-electron chi connectivity index (χ2n) is 3.80. The van der Waals surface area contributed by atoms with Crippen LogP contribution in [0.3, 0.4) is 0 Å². The van der Waals surface area contributed by atoms with Crippen LogP contribution in [0.1, 0.15) is 0 Å². The van der Waals surface area contributed by atoms with Crippen molar-refractivity contribution in [2.24, 2.45) is 5.14 Å². The van der Waals surface area contributed by atoms with E-state index in [9.17, 15) is 26.5 Å². The van der Waals surface area contributed by atoms with E-state index in [1.807, 2.05) is 0 Å². The average Bonchev–Trinajstić information content (AvgIpc) is 2.25. The van der Waals surface area contributed by atoms with Gasteiger partial charge in [-0.15, -0.1) is 0 Å². The summed E-state index contributed by atoms with van der Waals surface area (Å²) < 4.78 is 55.6. The van der Waals surface area contributed by atoms with Crippen molar-refractivity contribution in [1.82, 2.24) is 0 Å². The Balaban J connectivity index is 0.00000200. The second-order valence-corrected chi connectivity index (χ2v) is 6.71. The Kier molecular flexibility index (Phi) is 6.36. The number of benzene rings is 2. The first kappa shape index (κ1) is 20.3. The minimum absolute atomic E-state index is 0. The summed E-state index contributed by atoms with van der Waals surface area (Å²) in [5.41, 5.74) is 0. The van der Waals surface area contributed by atoms with Crippen LogP contribution in [0, 0.1) is 0 Å². The Bertz CT molecular complexity index is 878. The fourth-order valence-electron chi connectivity index (χ4n) is 1.72. The summed E-state index contributed by atoms with van der Waals surface area (Å²) in [5, 5.41) is 14.5. The molecule has 0 saturated heterocycles. The Labute approximate surface area is 143 Å². The number of sulfonamides is 1. The van der Waals surface area contributed by atoms with Crippen LogP contribution >= 0.6 is 0 Å². The van der Waals surface area contributed by atoms with E-state index in [0.717, 1.165) is 18.2 Å². The molecule has 2 rings (SSSR count). The van der Waals surface area contributed by atoms with E-state index < -0.39 is 30.8 Å². The van der Waals surface area contributed by atoms with E-state index in [2.05, 4.69) is 0 Å². The molecule has 0 saturated carbocycles. The predicted molar refractivity (Wildman–Crippen MR) is 68.6 cm³/mol. The van der Waals surface area contributed by atoms with Gasteiger partial charge < -0.3 is 15.1 Å². The van der Waals surface area contributed by atoms with Gasteiger partial charge in [-0.2, -0.15) is 0 Å². The standard InChI is InChI=1S/C10H9NO6S2.Na.H2O/c11-18(13,14)7-4-6-2-1-3-9(19(15,16)17)10(6)8(12)5-7;;/h1-5,12H,(H2,11,13,14)(H,15,16,17);;1H2/q;+1;/p-1. The molecule has 0 aliphatic rings. The molecule has 110 valence electrons. The second kappa shape index (κ2) is 6.58. The van der Waals surface area contributed by atoms with Crippen molar-refractivity contribution in [2.75, 3.05) is 0 Å². The third kappa shape index (κ3) is 4.14. The van der Waals surface area contributed by atoms with Gasteiger partial charge >= 0.3 is 29.6 Å². The first-order valence-electron chi connectivity index (χ1n) is 4.85. The molecule has 0 fully saturated rings. The summed E-state index contributed by atoms with van der Waals surface area (Å²) >= 11 is 0. The Morgan fingerprint density at radius 2 is 1.67 bits per heavy atom. The smallest absolute Gasteiger partial charge is 0.744 e. The van der Waals surface area contributed by atoms with E-state index >= 15 is 0 Å². The quantitative estimate of drug-likeness (QED) is 0.419. The van der Waals surface area contributed by atoms with Crippen LogP contribution in [0.5, 0.6) is 5.75 Å². The van der Waals surface area contributed by atoms with Gasteiger partial charge in [0.15, 0.2) is 0 Å². The van der Waals surface area contributed by atoms with E-state index in [1.165, 1.54) is 12.1 Å². The number of phenols is 1. The summed E-state index contributed by atoms with van der Waals surface area (Å²) in [4.78, 5) is -0.999. The molecule has 21 heavy (non-hydrogen) atoms. The Morgan fingerprint density at radius 3 is 2.14 bits per heavy atom. The summed E-state index contributed by atoms with van der Waals surface area (Å²) in [6.07, 6.45) is 0. The van der Waals surface area contributed by atoms with Crippen LogP contribution in [0.25, 0.3) is 10.8 Å². The molecule has 0 heterocycles. The van der Waals surface area contributed by atoms with Crippen molar-refractivity contribution >= 4 is 30.9 Å². The third-order valence-electron chi connectivity index (χ3n) is 2.49. The zero-order valence-electron chi connectivity index (χ0n) is 10.8. The Morgan fingerprint density at radius 1 is 1.10 bits per heavy atom. The largest absolute Gasteiger partial charge is 1.00 e. The van der Waals surface area contributed by atoms with Gasteiger partial charge in [0.25, 0.3) is 0 Å². The first-order chi connectivity index (χ1) is 8.60. The predicted octanol–water partition coefficient (Wildman–Crippen LogP) is -3.72. The third-order valence-corrected chi connectivity index (χ3v) is 4.26. The minimum Gasteiger partial charge on any atom is -0.744 e. The van der Waals surface area contributed by atoms with Gasteiger partial charge in [0, 0.05) is 11.5 Å². The fraction of sp³-hybridized carbons (Fsp3) is 0. The molecule has 5 N–H and O–H groups in total. The van der Waals surface area contributed by atoms with Crippen LogP contribution < -0.4 is 34.7 Å². The Hall–Kier alpha value is -0.720. The van der Waals surface area contributed by atoms with Gasteiger partial charge in [0.2, 0.25) is 10.0 Å². The van der Waals surface area contributed by atoms with Crippen LogP contribution in [-0.4, -0.2) is 32.0 Å². The molecule has 0 aliphatic carbocycles. The molecule has 2 aromatic carbocycles. The molecule has 0 atom stereocenters. The zero-order valence-corrected chi connectivity index (χ0v) is 14.4. The number of hydrogen-bond acceptors (Lipinski definition) is 6. The molecule has 0 aliphatic heterocycles. The topological polar surface area (TPSA) is 169 Å². The number of fused-ring (bicyclic) bond motifs is 1. The molecule has 0 spiro atoms. The van der Waals surface area contributed by atoms with E-state index in [-0.39, 0.29) is 50.7 Å².